The van der Waals surface area contributed by atoms with E-state index in [9.17, 15) is 13.2 Å². The topological polar surface area (TPSA) is 72.0 Å². The quantitative estimate of drug-likeness (QED) is 0.640. The highest BCUT2D eigenvalue weighted by Gasteiger charge is 2.35. The Hall–Kier alpha value is -3.36. The zero-order valence-electron chi connectivity index (χ0n) is 15.4. The zero-order valence-corrected chi connectivity index (χ0v) is 15.4. The van der Waals surface area contributed by atoms with E-state index in [1.54, 1.807) is 43.5 Å². The van der Waals surface area contributed by atoms with Crippen molar-refractivity contribution in [3.8, 4) is 5.88 Å². The average molecular weight is 389 g/mol. The highest BCUT2D eigenvalue weighted by Crippen LogP contribution is 2.35. The van der Waals surface area contributed by atoms with Gasteiger partial charge < -0.3 is 15.4 Å². The Kier molecular flexibility index (Phi) is 5.34. The SMILES string of the molecule is COc1cc(Nc2ncc(C(F)(F)F)c(Nc3ccc(C)cc3)n2)c(C)cn1. The van der Waals surface area contributed by atoms with E-state index in [1.807, 2.05) is 6.92 Å². The van der Waals surface area contributed by atoms with Gasteiger partial charge in [0.2, 0.25) is 11.8 Å². The summed E-state index contributed by atoms with van der Waals surface area (Å²) in [4.78, 5) is 11.9. The van der Waals surface area contributed by atoms with Crippen molar-refractivity contribution in [2.75, 3.05) is 17.7 Å². The van der Waals surface area contributed by atoms with Crippen LogP contribution in [0.3, 0.4) is 0 Å². The summed E-state index contributed by atoms with van der Waals surface area (Å²) < 4.78 is 45.2. The van der Waals surface area contributed by atoms with Crippen molar-refractivity contribution in [2.45, 2.75) is 20.0 Å². The van der Waals surface area contributed by atoms with E-state index in [4.69, 9.17) is 4.74 Å². The Morgan fingerprint density at radius 3 is 2.32 bits per heavy atom. The molecule has 3 rings (SSSR count). The Morgan fingerprint density at radius 2 is 1.68 bits per heavy atom. The van der Waals surface area contributed by atoms with Gasteiger partial charge in [0.1, 0.15) is 11.4 Å². The lowest BCUT2D eigenvalue weighted by molar-refractivity contribution is -0.137. The maximum absolute atomic E-state index is 13.4. The number of alkyl halides is 3. The summed E-state index contributed by atoms with van der Waals surface area (Å²) in [6, 6.07) is 8.57. The predicted molar refractivity (Wildman–Crippen MR) is 100 cm³/mol. The van der Waals surface area contributed by atoms with Crippen molar-refractivity contribution in [1.82, 2.24) is 15.0 Å². The second-order valence-corrected chi connectivity index (χ2v) is 6.11. The van der Waals surface area contributed by atoms with Crippen LogP contribution in [0, 0.1) is 13.8 Å². The third-order valence-electron chi connectivity index (χ3n) is 3.94. The molecule has 0 spiro atoms. The largest absolute Gasteiger partial charge is 0.481 e. The fraction of sp³-hybridized carbons (Fsp3) is 0.211. The number of nitrogens with zero attached hydrogens (tertiary/aromatic N) is 3. The number of aryl methyl sites for hydroxylation is 2. The number of hydrogen-bond donors (Lipinski definition) is 2. The van der Waals surface area contributed by atoms with E-state index in [0.29, 0.717) is 17.3 Å². The molecule has 3 aromatic rings. The first-order chi connectivity index (χ1) is 13.3. The van der Waals surface area contributed by atoms with Crippen molar-refractivity contribution < 1.29 is 17.9 Å². The first-order valence-electron chi connectivity index (χ1n) is 8.32. The number of aromatic nitrogens is 3. The molecule has 0 fully saturated rings. The molecule has 0 aliphatic heterocycles. The number of rotatable bonds is 5. The molecule has 0 bridgehead atoms. The van der Waals surface area contributed by atoms with E-state index in [2.05, 4.69) is 25.6 Å². The number of methoxy groups -OCH3 is 1. The Balaban J connectivity index is 1.96. The van der Waals surface area contributed by atoms with Crippen molar-refractivity contribution in [1.29, 1.82) is 0 Å². The van der Waals surface area contributed by atoms with Gasteiger partial charge in [-0.1, -0.05) is 17.7 Å². The maximum Gasteiger partial charge on any atom is 0.421 e. The first-order valence-corrected chi connectivity index (χ1v) is 8.32. The second-order valence-electron chi connectivity index (χ2n) is 6.11. The summed E-state index contributed by atoms with van der Waals surface area (Å²) in [5.74, 6) is 0.0320. The first kappa shape index (κ1) is 19.4. The zero-order chi connectivity index (χ0) is 20.3. The van der Waals surface area contributed by atoms with Gasteiger partial charge in [-0.25, -0.2) is 9.97 Å². The highest BCUT2D eigenvalue weighted by atomic mass is 19.4. The van der Waals surface area contributed by atoms with Crippen LogP contribution in [0.4, 0.5) is 36.3 Å². The summed E-state index contributed by atoms with van der Waals surface area (Å²) in [6.45, 7) is 3.69. The molecule has 2 heterocycles. The summed E-state index contributed by atoms with van der Waals surface area (Å²) in [5.41, 5.74) is 1.86. The molecule has 1 aromatic carbocycles. The van der Waals surface area contributed by atoms with Crippen molar-refractivity contribution in [3.05, 3.63) is 59.4 Å². The van der Waals surface area contributed by atoms with Crippen LogP contribution >= 0.6 is 0 Å². The van der Waals surface area contributed by atoms with Crippen molar-refractivity contribution in [2.24, 2.45) is 0 Å². The van der Waals surface area contributed by atoms with Gasteiger partial charge in [-0.05, 0) is 31.5 Å². The van der Waals surface area contributed by atoms with Crippen LogP contribution in [-0.4, -0.2) is 22.1 Å². The van der Waals surface area contributed by atoms with Crippen molar-refractivity contribution >= 4 is 23.1 Å². The van der Waals surface area contributed by atoms with E-state index in [0.717, 1.165) is 17.3 Å². The monoisotopic (exact) mass is 389 g/mol. The lowest BCUT2D eigenvalue weighted by Gasteiger charge is -2.15. The highest BCUT2D eigenvalue weighted by molar-refractivity contribution is 5.64. The van der Waals surface area contributed by atoms with Crippen LogP contribution in [0.15, 0.2) is 42.7 Å². The molecule has 0 radical (unpaired) electrons. The van der Waals surface area contributed by atoms with Gasteiger partial charge in [0.15, 0.2) is 0 Å². The summed E-state index contributed by atoms with van der Waals surface area (Å²) in [6.07, 6.45) is -2.27. The fourth-order valence-corrected chi connectivity index (χ4v) is 2.39. The number of pyridine rings is 1. The van der Waals surface area contributed by atoms with Gasteiger partial charge in [-0.3, -0.25) is 0 Å². The molecule has 0 unspecified atom stereocenters. The minimum absolute atomic E-state index is 0.0129. The number of halogens is 3. The smallest absolute Gasteiger partial charge is 0.421 e. The predicted octanol–water partition coefficient (Wildman–Crippen LogP) is 5.00. The van der Waals surface area contributed by atoms with E-state index >= 15 is 0 Å². The molecule has 0 amide bonds. The lowest BCUT2D eigenvalue weighted by atomic mass is 10.2. The summed E-state index contributed by atoms with van der Waals surface area (Å²) in [5, 5.41) is 5.63. The van der Waals surface area contributed by atoms with Crippen molar-refractivity contribution in [3.63, 3.8) is 0 Å². The Labute approximate surface area is 159 Å². The molecule has 0 aliphatic carbocycles. The van der Waals surface area contributed by atoms with Crippen LogP contribution in [0.5, 0.6) is 5.88 Å². The number of anilines is 4. The molecule has 2 aromatic heterocycles. The minimum atomic E-state index is -4.60. The number of ether oxygens (including phenoxy) is 1. The molecule has 2 N–H and O–H groups in total. The minimum Gasteiger partial charge on any atom is -0.481 e. The molecule has 0 saturated heterocycles. The molecule has 0 aliphatic rings. The standard InChI is InChI=1S/C19H18F3N5O/c1-11-4-6-13(7-5-11)25-17-14(19(20,21)22)10-24-18(27-17)26-15-8-16(28-3)23-9-12(15)2/h4-10H,1-3H3,(H2,23,24,25,26,27). The molecule has 146 valence electrons. The van der Waals surface area contributed by atoms with Crippen LogP contribution in [0.2, 0.25) is 0 Å². The molecule has 0 saturated carbocycles. The second kappa shape index (κ2) is 7.71. The normalized spacial score (nSPS) is 11.2. The Bertz CT molecular complexity index is 974. The van der Waals surface area contributed by atoms with Crippen LogP contribution in [-0.2, 0) is 6.18 Å². The van der Waals surface area contributed by atoms with Gasteiger partial charge in [-0.2, -0.15) is 18.2 Å². The summed E-state index contributed by atoms with van der Waals surface area (Å²) in [7, 11) is 1.47. The fourth-order valence-electron chi connectivity index (χ4n) is 2.39. The number of benzene rings is 1. The molecule has 28 heavy (non-hydrogen) atoms. The van der Waals surface area contributed by atoms with Gasteiger partial charge in [0.05, 0.1) is 12.8 Å². The summed E-state index contributed by atoms with van der Waals surface area (Å²) >= 11 is 0. The molecule has 0 atom stereocenters. The Morgan fingerprint density at radius 1 is 0.964 bits per heavy atom. The van der Waals surface area contributed by atoms with Gasteiger partial charge in [0.25, 0.3) is 0 Å². The van der Waals surface area contributed by atoms with Gasteiger partial charge >= 0.3 is 6.18 Å². The number of nitrogens with one attached hydrogen (secondary N) is 2. The van der Waals surface area contributed by atoms with Gasteiger partial charge in [0, 0.05) is 24.1 Å². The molecule has 9 heteroatoms. The maximum atomic E-state index is 13.4. The third kappa shape index (κ3) is 4.48. The molecule has 6 nitrogen and oxygen atoms in total. The molecular formula is C19H18F3N5O. The lowest BCUT2D eigenvalue weighted by Crippen LogP contribution is -2.12. The van der Waals surface area contributed by atoms with E-state index < -0.39 is 11.7 Å². The third-order valence-corrected chi connectivity index (χ3v) is 3.94. The van der Waals surface area contributed by atoms with E-state index in [-0.39, 0.29) is 11.8 Å². The van der Waals surface area contributed by atoms with Crippen LogP contribution < -0.4 is 15.4 Å². The number of hydrogen-bond acceptors (Lipinski definition) is 6. The van der Waals surface area contributed by atoms with Crippen LogP contribution in [0.1, 0.15) is 16.7 Å². The van der Waals surface area contributed by atoms with E-state index in [1.165, 1.54) is 7.11 Å². The van der Waals surface area contributed by atoms with Gasteiger partial charge in [-0.15, -0.1) is 0 Å². The molecular weight excluding hydrogens is 371 g/mol. The van der Waals surface area contributed by atoms with Crippen LogP contribution in [0.25, 0.3) is 0 Å². The average Bonchev–Trinajstić information content (AvgIpc) is 2.64.